The number of carbonyl (C=O) groups is 3. The number of esters is 3. The van der Waals surface area contributed by atoms with Crippen LogP contribution in [-0.4, -0.2) is 37.7 Å². The van der Waals surface area contributed by atoms with E-state index in [-0.39, 0.29) is 19.8 Å². The summed E-state index contributed by atoms with van der Waals surface area (Å²) in [6.45, 7) is 2.28. The van der Waals surface area contributed by atoms with Crippen molar-refractivity contribution in [2.24, 2.45) is 5.41 Å². The van der Waals surface area contributed by atoms with Gasteiger partial charge in [0.15, 0.2) is 0 Å². The molecule has 176 valence electrons. The smallest absolute Gasteiger partial charge is 0.338 e. The molecule has 0 saturated carbocycles. The third-order valence-corrected chi connectivity index (χ3v) is 5.46. The van der Waals surface area contributed by atoms with E-state index in [9.17, 15) is 14.4 Å². The molecule has 6 nitrogen and oxygen atoms in total. The Kier molecular flexibility index (Phi) is 8.97. The molecule has 0 atom stereocenters. The average Bonchev–Trinajstić information content (AvgIpc) is 2.89. The number of ether oxygens (including phenoxy) is 3. The molecule has 0 amide bonds. The van der Waals surface area contributed by atoms with Gasteiger partial charge in [-0.25, -0.2) is 14.4 Å². The van der Waals surface area contributed by atoms with Crippen LogP contribution in [0.4, 0.5) is 0 Å². The van der Waals surface area contributed by atoms with Crippen molar-refractivity contribution in [3.8, 4) is 0 Å². The summed E-state index contributed by atoms with van der Waals surface area (Å²) in [4.78, 5) is 37.0. The highest BCUT2D eigenvalue weighted by Gasteiger charge is 2.28. The maximum absolute atomic E-state index is 12.4. The zero-order valence-electron chi connectivity index (χ0n) is 19.1. The molecule has 3 rings (SSSR count). The third-order valence-electron chi connectivity index (χ3n) is 5.46. The Labute approximate surface area is 199 Å². The predicted molar refractivity (Wildman–Crippen MR) is 128 cm³/mol. The standard InChI is InChI=1S/C28H28O6/c1-28(21-34-27(31)24-15-9-4-10-16-24,17-19-32-25(29)22-11-5-2-6-12-22)18-20-33-26(30)23-13-7-3-8-14-23/h2-16H,17-21H2,1H3. The second kappa shape index (κ2) is 12.3. The lowest BCUT2D eigenvalue weighted by Gasteiger charge is -2.28. The van der Waals surface area contributed by atoms with Crippen molar-refractivity contribution in [1.82, 2.24) is 0 Å². The first-order chi connectivity index (χ1) is 16.5. The van der Waals surface area contributed by atoms with Crippen LogP contribution in [0.2, 0.25) is 0 Å². The molecule has 3 aromatic rings. The zero-order chi connectivity index (χ0) is 24.2. The minimum absolute atomic E-state index is 0.0898. The molecule has 0 bridgehead atoms. The molecule has 0 radical (unpaired) electrons. The molecule has 0 aliphatic carbocycles. The highest BCUT2D eigenvalue weighted by molar-refractivity contribution is 5.90. The molecule has 0 N–H and O–H groups in total. The summed E-state index contributed by atoms with van der Waals surface area (Å²) in [6, 6.07) is 26.2. The fraction of sp³-hybridized carbons (Fsp3) is 0.250. The van der Waals surface area contributed by atoms with E-state index < -0.39 is 23.3 Å². The van der Waals surface area contributed by atoms with Crippen molar-refractivity contribution < 1.29 is 28.6 Å². The predicted octanol–water partition coefficient (Wildman–Crippen LogP) is 5.34. The number of benzene rings is 3. The summed E-state index contributed by atoms with van der Waals surface area (Å²) in [6.07, 6.45) is 0.854. The number of hydrogen-bond donors (Lipinski definition) is 0. The van der Waals surface area contributed by atoms with E-state index in [1.807, 2.05) is 25.1 Å². The van der Waals surface area contributed by atoms with E-state index in [0.29, 0.717) is 29.5 Å². The quantitative estimate of drug-likeness (QED) is 0.284. The molecule has 3 aromatic carbocycles. The Balaban J connectivity index is 1.57. The van der Waals surface area contributed by atoms with Gasteiger partial charge in [-0.05, 0) is 49.2 Å². The van der Waals surface area contributed by atoms with Crippen LogP contribution < -0.4 is 0 Å². The molecule has 34 heavy (non-hydrogen) atoms. The van der Waals surface area contributed by atoms with Gasteiger partial charge in [0, 0.05) is 5.41 Å². The minimum Gasteiger partial charge on any atom is -0.462 e. The van der Waals surface area contributed by atoms with Crippen LogP contribution in [-0.2, 0) is 14.2 Å². The topological polar surface area (TPSA) is 78.9 Å². The van der Waals surface area contributed by atoms with Crippen LogP contribution in [0.15, 0.2) is 91.0 Å². The maximum atomic E-state index is 12.4. The molecule has 0 heterocycles. The van der Waals surface area contributed by atoms with Gasteiger partial charge in [0.2, 0.25) is 0 Å². The van der Waals surface area contributed by atoms with Gasteiger partial charge in [-0.3, -0.25) is 0 Å². The maximum Gasteiger partial charge on any atom is 0.338 e. The van der Waals surface area contributed by atoms with Crippen LogP contribution >= 0.6 is 0 Å². The van der Waals surface area contributed by atoms with Gasteiger partial charge in [-0.1, -0.05) is 61.5 Å². The summed E-state index contributed by atoms with van der Waals surface area (Å²) in [7, 11) is 0. The van der Waals surface area contributed by atoms with Crippen molar-refractivity contribution >= 4 is 17.9 Å². The van der Waals surface area contributed by atoms with Gasteiger partial charge in [-0.15, -0.1) is 0 Å². The van der Waals surface area contributed by atoms with Crippen LogP contribution in [0, 0.1) is 5.41 Å². The molecule has 0 spiro atoms. The number of hydrogen-bond acceptors (Lipinski definition) is 6. The van der Waals surface area contributed by atoms with Gasteiger partial charge in [0.05, 0.1) is 36.5 Å². The Hall–Kier alpha value is -3.93. The summed E-state index contributed by atoms with van der Waals surface area (Å²) in [5.74, 6) is -1.27. The first kappa shape index (κ1) is 24.7. The highest BCUT2D eigenvalue weighted by atomic mass is 16.5. The summed E-state index contributed by atoms with van der Waals surface area (Å²) < 4.78 is 16.4. The monoisotopic (exact) mass is 460 g/mol. The minimum atomic E-state index is -0.571. The third kappa shape index (κ3) is 7.59. The van der Waals surface area contributed by atoms with Crippen LogP contribution in [0.3, 0.4) is 0 Å². The fourth-order valence-electron chi connectivity index (χ4n) is 3.26. The zero-order valence-corrected chi connectivity index (χ0v) is 19.1. The summed E-state index contributed by atoms with van der Waals surface area (Å²) in [5, 5.41) is 0. The SMILES string of the molecule is CC(CCOC(=O)c1ccccc1)(CCOC(=O)c1ccccc1)COC(=O)c1ccccc1. The lowest BCUT2D eigenvalue weighted by Crippen LogP contribution is -2.29. The van der Waals surface area contributed by atoms with Gasteiger partial charge in [0.25, 0.3) is 0 Å². The van der Waals surface area contributed by atoms with Crippen LogP contribution in [0.5, 0.6) is 0 Å². The first-order valence-electron chi connectivity index (χ1n) is 11.1. The lowest BCUT2D eigenvalue weighted by atomic mass is 9.84. The van der Waals surface area contributed by atoms with E-state index in [1.54, 1.807) is 72.8 Å². The number of rotatable bonds is 11. The molecule has 0 saturated heterocycles. The Bertz CT molecular complexity index is 1010. The van der Waals surface area contributed by atoms with E-state index in [4.69, 9.17) is 14.2 Å². The molecular formula is C28H28O6. The molecule has 6 heteroatoms. The van der Waals surface area contributed by atoms with Crippen molar-refractivity contribution in [3.05, 3.63) is 108 Å². The van der Waals surface area contributed by atoms with Crippen molar-refractivity contribution in [2.75, 3.05) is 19.8 Å². The van der Waals surface area contributed by atoms with Gasteiger partial charge < -0.3 is 14.2 Å². The molecule has 0 aliphatic heterocycles. The van der Waals surface area contributed by atoms with Gasteiger partial charge >= 0.3 is 17.9 Å². The second-order valence-corrected chi connectivity index (χ2v) is 8.26. The molecule has 0 aromatic heterocycles. The largest absolute Gasteiger partial charge is 0.462 e. The van der Waals surface area contributed by atoms with E-state index in [0.717, 1.165) is 0 Å². The summed E-state index contributed by atoms with van der Waals surface area (Å²) in [5.41, 5.74) is 0.821. The highest BCUT2D eigenvalue weighted by Crippen LogP contribution is 2.28. The van der Waals surface area contributed by atoms with Crippen molar-refractivity contribution in [1.29, 1.82) is 0 Å². The number of carbonyl (C=O) groups excluding carboxylic acids is 3. The van der Waals surface area contributed by atoms with Gasteiger partial charge in [0.1, 0.15) is 0 Å². The fourth-order valence-corrected chi connectivity index (χ4v) is 3.26. The molecule has 0 unspecified atom stereocenters. The molecule has 0 aliphatic rings. The average molecular weight is 461 g/mol. The van der Waals surface area contributed by atoms with Crippen LogP contribution in [0.1, 0.15) is 50.8 Å². The van der Waals surface area contributed by atoms with E-state index >= 15 is 0 Å². The Morgan fingerprint density at radius 2 is 0.882 bits per heavy atom. The first-order valence-corrected chi connectivity index (χ1v) is 11.1. The van der Waals surface area contributed by atoms with E-state index in [2.05, 4.69) is 0 Å². The lowest BCUT2D eigenvalue weighted by molar-refractivity contribution is 0.00754. The Morgan fingerprint density at radius 1 is 0.559 bits per heavy atom. The Morgan fingerprint density at radius 3 is 1.24 bits per heavy atom. The molecule has 0 fully saturated rings. The van der Waals surface area contributed by atoms with Crippen LogP contribution in [0.25, 0.3) is 0 Å². The van der Waals surface area contributed by atoms with Crippen molar-refractivity contribution in [3.63, 3.8) is 0 Å². The molecular weight excluding hydrogens is 432 g/mol. The van der Waals surface area contributed by atoms with Crippen molar-refractivity contribution in [2.45, 2.75) is 19.8 Å². The second-order valence-electron chi connectivity index (χ2n) is 8.26. The summed E-state index contributed by atoms with van der Waals surface area (Å²) >= 11 is 0. The normalized spacial score (nSPS) is 10.9. The van der Waals surface area contributed by atoms with Gasteiger partial charge in [-0.2, -0.15) is 0 Å². The van der Waals surface area contributed by atoms with E-state index in [1.165, 1.54) is 0 Å².